The molecule has 4 heteroatoms. The molecule has 0 saturated carbocycles. The zero-order valence-electron chi connectivity index (χ0n) is 11.0. The standard InChI is InChI=1S/C15H16N2O2/c1-16(2)10-6-7-12-11-14(18)17(15(12)19)13-8-4-3-5-9-13/h3-10H,11H2,1-2H3. The molecule has 98 valence electrons. The maximum absolute atomic E-state index is 12.2. The molecule has 2 rings (SSSR count). The zero-order valence-corrected chi connectivity index (χ0v) is 11.0. The van der Waals surface area contributed by atoms with Gasteiger partial charge in [-0.3, -0.25) is 9.59 Å². The minimum atomic E-state index is -0.236. The molecular weight excluding hydrogens is 240 g/mol. The van der Waals surface area contributed by atoms with Crippen molar-refractivity contribution in [2.45, 2.75) is 6.42 Å². The Labute approximate surface area is 112 Å². The smallest absolute Gasteiger partial charge is 0.261 e. The number of carbonyl (C=O) groups excluding carboxylic acids is 2. The zero-order chi connectivity index (χ0) is 13.8. The van der Waals surface area contributed by atoms with Crippen molar-refractivity contribution >= 4 is 17.5 Å². The third-order valence-electron chi connectivity index (χ3n) is 2.76. The lowest BCUT2D eigenvalue weighted by Gasteiger charge is -2.12. The molecule has 0 bridgehead atoms. The first-order valence-electron chi connectivity index (χ1n) is 6.05. The van der Waals surface area contributed by atoms with Crippen molar-refractivity contribution in [2.24, 2.45) is 0 Å². The Morgan fingerprint density at radius 1 is 1.16 bits per heavy atom. The summed E-state index contributed by atoms with van der Waals surface area (Å²) in [5.41, 5.74) is 1.14. The van der Waals surface area contributed by atoms with E-state index in [0.29, 0.717) is 11.3 Å². The SMILES string of the molecule is CN(C)C=CC=C1CC(=O)N(c2ccccc2)C1=O. The van der Waals surface area contributed by atoms with E-state index in [1.54, 1.807) is 24.3 Å². The molecular formula is C15H16N2O2. The predicted molar refractivity (Wildman–Crippen MR) is 74.5 cm³/mol. The Balaban J connectivity index is 2.22. The molecule has 0 aromatic heterocycles. The van der Waals surface area contributed by atoms with Crippen LogP contribution >= 0.6 is 0 Å². The van der Waals surface area contributed by atoms with E-state index in [-0.39, 0.29) is 18.2 Å². The van der Waals surface area contributed by atoms with E-state index < -0.39 is 0 Å². The fourth-order valence-corrected chi connectivity index (χ4v) is 1.87. The average molecular weight is 256 g/mol. The van der Waals surface area contributed by atoms with Gasteiger partial charge in [0.1, 0.15) is 0 Å². The molecule has 1 heterocycles. The molecule has 0 radical (unpaired) electrons. The maximum Gasteiger partial charge on any atom is 0.261 e. The van der Waals surface area contributed by atoms with Gasteiger partial charge < -0.3 is 4.90 Å². The molecule has 0 aliphatic carbocycles. The van der Waals surface area contributed by atoms with Crippen molar-refractivity contribution in [1.82, 2.24) is 4.90 Å². The van der Waals surface area contributed by atoms with Gasteiger partial charge in [0.05, 0.1) is 12.1 Å². The van der Waals surface area contributed by atoms with Crippen LogP contribution in [0.1, 0.15) is 6.42 Å². The summed E-state index contributed by atoms with van der Waals surface area (Å²) in [4.78, 5) is 27.2. The van der Waals surface area contributed by atoms with E-state index >= 15 is 0 Å². The van der Waals surface area contributed by atoms with Gasteiger partial charge in [0.25, 0.3) is 5.91 Å². The van der Waals surface area contributed by atoms with Crippen molar-refractivity contribution in [3.63, 3.8) is 0 Å². The van der Waals surface area contributed by atoms with Gasteiger partial charge in [-0.05, 0) is 24.4 Å². The first-order valence-corrected chi connectivity index (χ1v) is 6.05. The van der Waals surface area contributed by atoms with Crippen molar-refractivity contribution < 1.29 is 9.59 Å². The number of anilines is 1. The van der Waals surface area contributed by atoms with E-state index in [9.17, 15) is 9.59 Å². The molecule has 1 saturated heterocycles. The monoisotopic (exact) mass is 256 g/mol. The summed E-state index contributed by atoms with van der Waals surface area (Å²) >= 11 is 0. The topological polar surface area (TPSA) is 40.6 Å². The van der Waals surface area contributed by atoms with Gasteiger partial charge >= 0.3 is 0 Å². The minimum Gasteiger partial charge on any atom is -0.383 e. The van der Waals surface area contributed by atoms with Gasteiger partial charge in [0, 0.05) is 19.7 Å². The van der Waals surface area contributed by atoms with Gasteiger partial charge in [-0.25, -0.2) is 4.90 Å². The summed E-state index contributed by atoms with van der Waals surface area (Å²) in [6.45, 7) is 0. The largest absolute Gasteiger partial charge is 0.383 e. The molecule has 1 aliphatic rings. The highest BCUT2D eigenvalue weighted by Gasteiger charge is 2.34. The molecule has 1 aromatic carbocycles. The number of imide groups is 1. The van der Waals surface area contributed by atoms with Crippen molar-refractivity contribution in [2.75, 3.05) is 19.0 Å². The second kappa shape index (κ2) is 5.52. The highest BCUT2D eigenvalue weighted by molar-refractivity contribution is 6.28. The van der Waals surface area contributed by atoms with E-state index in [2.05, 4.69) is 0 Å². The van der Waals surface area contributed by atoms with Gasteiger partial charge in [-0.2, -0.15) is 0 Å². The molecule has 0 spiro atoms. The van der Waals surface area contributed by atoms with Crippen LogP contribution < -0.4 is 4.90 Å². The van der Waals surface area contributed by atoms with Crippen LogP contribution in [0.3, 0.4) is 0 Å². The van der Waals surface area contributed by atoms with Crippen molar-refractivity contribution in [3.05, 3.63) is 54.3 Å². The number of hydrogen-bond acceptors (Lipinski definition) is 3. The van der Waals surface area contributed by atoms with Crippen LogP contribution in [-0.2, 0) is 9.59 Å². The number of carbonyl (C=O) groups is 2. The fraction of sp³-hybridized carbons (Fsp3) is 0.200. The van der Waals surface area contributed by atoms with Crippen LogP contribution in [-0.4, -0.2) is 30.8 Å². The Hall–Kier alpha value is -2.36. The normalized spacial score (nSPS) is 17.8. The van der Waals surface area contributed by atoms with E-state index in [1.807, 2.05) is 43.4 Å². The summed E-state index contributed by atoms with van der Waals surface area (Å²) in [6, 6.07) is 8.99. The molecule has 0 atom stereocenters. The number of nitrogens with zero attached hydrogens (tertiary/aromatic N) is 2. The van der Waals surface area contributed by atoms with Crippen LogP contribution in [0.15, 0.2) is 54.3 Å². The molecule has 19 heavy (non-hydrogen) atoms. The number of amides is 2. The fourth-order valence-electron chi connectivity index (χ4n) is 1.87. The summed E-state index contributed by atoms with van der Waals surface area (Å²) in [5.74, 6) is -0.416. The van der Waals surface area contributed by atoms with E-state index in [1.165, 1.54) is 4.90 Å². The molecule has 0 unspecified atom stereocenters. The highest BCUT2D eigenvalue weighted by atomic mass is 16.2. The summed E-state index contributed by atoms with van der Waals surface area (Å²) in [6.07, 6.45) is 5.46. The minimum absolute atomic E-state index is 0.158. The molecule has 2 amide bonds. The molecule has 1 aromatic rings. The predicted octanol–water partition coefficient (Wildman–Crippen LogP) is 1.95. The number of benzene rings is 1. The van der Waals surface area contributed by atoms with E-state index in [0.717, 1.165) is 0 Å². The summed E-state index contributed by atoms with van der Waals surface area (Å²) < 4.78 is 0. The van der Waals surface area contributed by atoms with Gasteiger partial charge in [-0.1, -0.05) is 24.3 Å². The van der Waals surface area contributed by atoms with E-state index in [4.69, 9.17) is 0 Å². The lowest BCUT2D eigenvalue weighted by molar-refractivity contribution is -0.120. The quantitative estimate of drug-likeness (QED) is 0.613. The Morgan fingerprint density at radius 3 is 2.47 bits per heavy atom. The Morgan fingerprint density at radius 2 is 1.84 bits per heavy atom. The third kappa shape index (κ3) is 2.91. The summed E-state index contributed by atoms with van der Waals surface area (Å²) in [7, 11) is 3.79. The number of para-hydroxylation sites is 1. The van der Waals surface area contributed by atoms with Crippen LogP contribution in [0.2, 0.25) is 0 Å². The maximum atomic E-state index is 12.2. The van der Waals surface area contributed by atoms with Gasteiger partial charge in [0.15, 0.2) is 0 Å². The second-order valence-electron chi connectivity index (χ2n) is 4.54. The lowest BCUT2D eigenvalue weighted by Crippen LogP contribution is -2.28. The Bertz CT molecular complexity index is 545. The first-order chi connectivity index (χ1) is 9.09. The highest BCUT2D eigenvalue weighted by Crippen LogP contribution is 2.25. The number of allylic oxidation sites excluding steroid dienone is 2. The average Bonchev–Trinajstić information content (AvgIpc) is 2.65. The number of hydrogen-bond donors (Lipinski definition) is 0. The summed E-state index contributed by atoms with van der Waals surface area (Å²) in [5, 5.41) is 0. The van der Waals surface area contributed by atoms with Crippen molar-refractivity contribution in [3.8, 4) is 0 Å². The Kier molecular flexibility index (Phi) is 3.80. The third-order valence-corrected chi connectivity index (χ3v) is 2.76. The van der Waals surface area contributed by atoms with Crippen molar-refractivity contribution in [1.29, 1.82) is 0 Å². The van der Waals surface area contributed by atoms with Crippen LogP contribution in [0.25, 0.3) is 0 Å². The van der Waals surface area contributed by atoms with Crippen LogP contribution in [0, 0.1) is 0 Å². The first kappa shape index (κ1) is 13.1. The molecule has 1 aliphatic heterocycles. The second-order valence-corrected chi connectivity index (χ2v) is 4.54. The molecule has 4 nitrogen and oxygen atoms in total. The lowest BCUT2D eigenvalue weighted by atomic mass is 10.2. The molecule has 0 N–H and O–H groups in total. The van der Waals surface area contributed by atoms with Gasteiger partial charge in [0.2, 0.25) is 5.91 Å². The molecule has 1 fully saturated rings. The van der Waals surface area contributed by atoms with Crippen LogP contribution in [0.4, 0.5) is 5.69 Å². The van der Waals surface area contributed by atoms with Crippen LogP contribution in [0.5, 0.6) is 0 Å². The number of rotatable bonds is 3. The van der Waals surface area contributed by atoms with Gasteiger partial charge in [-0.15, -0.1) is 0 Å².